The van der Waals surface area contributed by atoms with Crippen LogP contribution >= 0.6 is 23.1 Å². The molecule has 4 heterocycles. The molecule has 222 valence electrons. The van der Waals surface area contributed by atoms with E-state index in [1.807, 2.05) is 42.1 Å². The van der Waals surface area contributed by atoms with Crippen LogP contribution in [-0.4, -0.2) is 69.9 Å². The highest BCUT2D eigenvalue weighted by molar-refractivity contribution is 9.10. The number of halogens is 1. The Kier molecular flexibility index (Phi) is 8.15. The molecule has 1 aliphatic heterocycles. The van der Waals surface area contributed by atoms with Gasteiger partial charge in [-0.2, -0.15) is 10.1 Å². The van der Waals surface area contributed by atoms with Gasteiger partial charge in [-0.1, -0.05) is 0 Å². The Morgan fingerprint density at radius 1 is 1.09 bits per heavy atom. The molecule has 0 spiro atoms. The minimum Gasteiger partial charge on any atom is -0.495 e. The Balaban J connectivity index is 1.39. The van der Waals surface area contributed by atoms with Crippen molar-refractivity contribution in [1.82, 2.24) is 35.0 Å². The number of aromatic nitrogens is 6. The van der Waals surface area contributed by atoms with Gasteiger partial charge >= 0.3 is 0 Å². The zero-order chi connectivity index (χ0) is 30.1. The summed E-state index contributed by atoms with van der Waals surface area (Å²) in [6.07, 6.45) is 6.50. The lowest BCUT2D eigenvalue weighted by Gasteiger charge is -2.27. The highest BCUT2D eigenvalue weighted by Gasteiger charge is 2.25. The number of fused-ring (bicyclic) bond motifs is 1. The van der Waals surface area contributed by atoms with Gasteiger partial charge in [-0.15, -0.1) is 0 Å². The largest absolute Gasteiger partial charge is 0.495 e. The van der Waals surface area contributed by atoms with Gasteiger partial charge in [0.15, 0.2) is 0 Å². The first-order chi connectivity index (χ1) is 20.7. The molecule has 2 aromatic carbocycles. The number of nitrogens with one attached hydrogen (secondary N) is 3. The number of hydrogen-bond donors (Lipinski definition) is 3. The van der Waals surface area contributed by atoms with Gasteiger partial charge in [0, 0.05) is 50.5 Å². The van der Waals surface area contributed by atoms with E-state index < -0.39 is 7.14 Å². The predicted octanol–water partition coefficient (Wildman–Crippen LogP) is 4.99. The summed E-state index contributed by atoms with van der Waals surface area (Å²) in [6, 6.07) is 9.65. The molecular formula is C29H31BrN9O3P. The predicted molar refractivity (Wildman–Crippen MR) is 172 cm³/mol. The second-order valence-corrected chi connectivity index (χ2v) is 14.4. The maximum Gasteiger partial charge on any atom is 0.229 e. The molecule has 3 N–H and O–H groups in total. The van der Waals surface area contributed by atoms with Gasteiger partial charge in [-0.3, -0.25) is 14.6 Å². The van der Waals surface area contributed by atoms with Crippen LogP contribution in [0.2, 0.25) is 0 Å². The number of methoxy groups -OCH3 is 1. The fourth-order valence-corrected chi connectivity index (χ4v) is 6.87. The van der Waals surface area contributed by atoms with Gasteiger partial charge in [0.25, 0.3) is 0 Å². The Morgan fingerprint density at radius 3 is 2.65 bits per heavy atom. The highest BCUT2D eigenvalue weighted by Crippen LogP contribution is 2.42. The number of hydrogen-bond acceptors (Lipinski definition) is 11. The number of morpholine rings is 1. The molecule has 0 aliphatic carbocycles. The molecule has 5 aromatic rings. The van der Waals surface area contributed by atoms with Crippen molar-refractivity contribution in [2.24, 2.45) is 7.05 Å². The zero-order valence-corrected chi connectivity index (χ0v) is 26.6. The Labute approximate surface area is 257 Å². The van der Waals surface area contributed by atoms with Crippen LogP contribution in [-0.2, 0) is 16.3 Å². The molecule has 0 saturated carbocycles. The van der Waals surface area contributed by atoms with E-state index in [4.69, 9.17) is 14.5 Å². The number of benzene rings is 2. The zero-order valence-electron chi connectivity index (χ0n) is 24.1. The lowest BCUT2D eigenvalue weighted by Crippen LogP contribution is -2.33. The molecule has 14 heteroatoms. The maximum atomic E-state index is 13.4. The second-order valence-electron chi connectivity index (χ2n) is 10.4. The third-order valence-corrected chi connectivity index (χ3v) is 9.25. The van der Waals surface area contributed by atoms with Crippen molar-refractivity contribution >= 4 is 62.6 Å². The van der Waals surface area contributed by atoms with Crippen LogP contribution in [0.3, 0.4) is 0 Å². The number of aryl methyl sites for hydroxylation is 1. The van der Waals surface area contributed by atoms with E-state index in [1.54, 1.807) is 45.2 Å². The molecule has 1 atom stereocenters. The summed E-state index contributed by atoms with van der Waals surface area (Å²) < 4.78 is 27.8. The van der Waals surface area contributed by atoms with E-state index in [0.717, 1.165) is 23.4 Å². The molecule has 3 aromatic heterocycles. The summed E-state index contributed by atoms with van der Waals surface area (Å²) >= 11 is 3.56. The van der Waals surface area contributed by atoms with E-state index in [-0.39, 0.29) is 6.10 Å². The minimum absolute atomic E-state index is 0.143. The maximum absolute atomic E-state index is 13.4. The summed E-state index contributed by atoms with van der Waals surface area (Å²) in [5, 5.41) is 15.1. The van der Waals surface area contributed by atoms with E-state index >= 15 is 0 Å². The van der Waals surface area contributed by atoms with E-state index in [0.29, 0.717) is 62.9 Å². The average Bonchev–Trinajstić information content (AvgIpc) is 3.43. The van der Waals surface area contributed by atoms with Crippen molar-refractivity contribution in [2.75, 3.05) is 50.8 Å². The van der Waals surface area contributed by atoms with Crippen LogP contribution in [0.15, 0.2) is 59.6 Å². The highest BCUT2D eigenvalue weighted by atomic mass is 79.9. The average molecular weight is 665 g/mol. The summed E-state index contributed by atoms with van der Waals surface area (Å²) in [6.45, 7) is 5.56. The first-order valence-electron chi connectivity index (χ1n) is 13.6. The number of anilines is 4. The van der Waals surface area contributed by atoms with Crippen molar-refractivity contribution in [3.8, 4) is 17.0 Å². The van der Waals surface area contributed by atoms with Crippen molar-refractivity contribution in [2.45, 2.75) is 6.10 Å². The topological polar surface area (TPSA) is 141 Å². The number of rotatable bonds is 8. The monoisotopic (exact) mass is 663 g/mol. The number of nitrogens with zero attached hydrogens (tertiary/aromatic N) is 6. The summed E-state index contributed by atoms with van der Waals surface area (Å²) in [4.78, 5) is 18.1. The van der Waals surface area contributed by atoms with Crippen molar-refractivity contribution in [3.05, 3.63) is 65.2 Å². The molecule has 12 nitrogen and oxygen atoms in total. The summed E-state index contributed by atoms with van der Waals surface area (Å²) in [5.41, 5.74) is 5.45. The van der Waals surface area contributed by atoms with E-state index in [1.165, 1.54) is 0 Å². The van der Waals surface area contributed by atoms with Gasteiger partial charge in [0.05, 0.1) is 52.2 Å². The quantitative estimate of drug-likeness (QED) is 0.193. The molecule has 6 rings (SSSR count). The minimum atomic E-state index is -2.76. The Bertz CT molecular complexity index is 1850. The molecule has 1 saturated heterocycles. The molecule has 1 aliphatic rings. The lowest BCUT2D eigenvalue weighted by molar-refractivity contribution is 0.0279. The molecule has 1 fully saturated rings. The lowest BCUT2D eigenvalue weighted by atomic mass is 9.97. The molecule has 0 amide bonds. The van der Waals surface area contributed by atoms with Gasteiger partial charge < -0.3 is 30.0 Å². The molecule has 0 bridgehead atoms. The van der Waals surface area contributed by atoms with E-state index in [2.05, 4.69) is 51.9 Å². The smallest absolute Gasteiger partial charge is 0.229 e. The van der Waals surface area contributed by atoms with Crippen LogP contribution in [0.25, 0.3) is 22.3 Å². The Morgan fingerprint density at radius 2 is 1.93 bits per heavy atom. The van der Waals surface area contributed by atoms with Gasteiger partial charge in [-0.05, 0) is 65.2 Å². The SMILES string of the molecule is COc1cc(C2CNCCO2)c(-c2ccnn2C)cc1Nc1ncc(Br)c(Nc2ccc3nccnc3c2P(C)(C)=O)n1. The second kappa shape index (κ2) is 12.0. The third kappa shape index (κ3) is 5.98. The van der Waals surface area contributed by atoms with Gasteiger partial charge in [0.1, 0.15) is 24.2 Å². The molecular weight excluding hydrogens is 633 g/mol. The normalized spacial score (nSPS) is 15.4. The molecule has 0 radical (unpaired) electrons. The van der Waals surface area contributed by atoms with Crippen LogP contribution in [0, 0.1) is 0 Å². The number of ether oxygens (including phenoxy) is 2. The first-order valence-corrected chi connectivity index (χ1v) is 17.0. The van der Waals surface area contributed by atoms with Gasteiger partial charge in [-0.25, -0.2) is 4.98 Å². The summed E-state index contributed by atoms with van der Waals surface area (Å²) in [5.74, 6) is 1.44. The van der Waals surface area contributed by atoms with E-state index in [9.17, 15) is 4.57 Å². The first kappa shape index (κ1) is 29.2. The molecule has 43 heavy (non-hydrogen) atoms. The fourth-order valence-electron chi connectivity index (χ4n) is 5.18. The fraction of sp³-hybridized carbons (Fsp3) is 0.276. The third-order valence-electron chi connectivity index (χ3n) is 7.14. The van der Waals surface area contributed by atoms with Crippen LogP contribution < -0.4 is 26.0 Å². The molecule has 1 unspecified atom stereocenters. The van der Waals surface area contributed by atoms with Crippen LogP contribution in [0.1, 0.15) is 11.7 Å². The van der Waals surface area contributed by atoms with Gasteiger partial charge in [0.2, 0.25) is 5.95 Å². The van der Waals surface area contributed by atoms with Crippen molar-refractivity contribution in [1.29, 1.82) is 0 Å². The standard InChI is InChI=1S/C29H31BrN9O3P/c1-39-23(7-8-35-39)17-13-22(24(41-2)14-18(17)25-16-31-11-12-42-25)37-29-34-15-19(30)28(38-29)36-21-6-5-20-26(33-10-9-32-20)27(21)43(3,4)40/h5-10,13-15,25,31H,11-12,16H2,1-4H3,(H2,34,36,37,38). The summed E-state index contributed by atoms with van der Waals surface area (Å²) in [7, 11) is 0.775. The van der Waals surface area contributed by atoms with Crippen LogP contribution in [0.4, 0.5) is 23.1 Å². The van der Waals surface area contributed by atoms with Crippen molar-refractivity contribution < 1.29 is 14.0 Å². The Hall–Kier alpha value is -3.90. The van der Waals surface area contributed by atoms with Crippen LogP contribution in [0.5, 0.6) is 5.75 Å². The van der Waals surface area contributed by atoms with Crippen molar-refractivity contribution in [3.63, 3.8) is 0 Å².